The van der Waals surface area contributed by atoms with E-state index < -0.39 is 50.9 Å². The number of esters is 1. The number of benzene rings is 1. The molecule has 0 fully saturated rings. The molecule has 1 aromatic rings. The SMILES string of the molecule is CC[C@H](C(=N)C(=O)c1cccc([N+](=O)[O-])c1O)C(=O)OC(C)(C)C. The lowest BCUT2D eigenvalue weighted by molar-refractivity contribution is -0.385. The molecular formula is C16H20N2O6. The van der Waals surface area contributed by atoms with Crippen molar-refractivity contribution >= 4 is 23.2 Å². The van der Waals surface area contributed by atoms with E-state index in [9.17, 15) is 24.8 Å². The summed E-state index contributed by atoms with van der Waals surface area (Å²) < 4.78 is 5.19. The Hall–Kier alpha value is -2.77. The molecule has 1 aromatic carbocycles. The van der Waals surface area contributed by atoms with Crippen LogP contribution in [0.25, 0.3) is 0 Å². The number of phenolic OH excluding ortho intramolecular Hbond substituents is 1. The first-order chi connectivity index (χ1) is 11.0. The number of nitrogens with one attached hydrogen (secondary N) is 1. The van der Waals surface area contributed by atoms with Gasteiger partial charge in [0.15, 0.2) is 0 Å². The lowest BCUT2D eigenvalue weighted by atomic mass is 9.93. The van der Waals surface area contributed by atoms with Gasteiger partial charge in [-0.05, 0) is 33.3 Å². The van der Waals surface area contributed by atoms with E-state index in [0.29, 0.717) is 0 Å². The number of hydrogen-bond donors (Lipinski definition) is 2. The van der Waals surface area contributed by atoms with Gasteiger partial charge >= 0.3 is 11.7 Å². The minimum Gasteiger partial charge on any atom is -0.502 e. The average Bonchev–Trinajstić information content (AvgIpc) is 2.45. The van der Waals surface area contributed by atoms with Crippen LogP contribution in [0.15, 0.2) is 18.2 Å². The van der Waals surface area contributed by atoms with Gasteiger partial charge in [0, 0.05) is 6.07 Å². The number of nitrogens with zero attached hydrogens (tertiary/aromatic N) is 1. The van der Waals surface area contributed by atoms with E-state index in [1.165, 1.54) is 12.1 Å². The summed E-state index contributed by atoms with van der Waals surface area (Å²) in [5, 5.41) is 28.7. The number of ketones is 1. The molecule has 0 spiro atoms. The zero-order valence-electron chi connectivity index (χ0n) is 14.0. The molecular weight excluding hydrogens is 316 g/mol. The van der Waals surface area contributed by atoms with Crippen LogP contribution in [0.3, 0.4) is 0 Å². The molecule has 0 saturated heterocycles. The summed E-state index contributed by atoms with van der Waals surface area (Å²) in [6.45, 7) is 6.60. The fourth-order valence-electron chi connectivity index (χ4n) is 2.03. The zero-order valence-corrected chi connectivity index (χ0v) is 14.0. The molecule has 8 nitrogen and oxygen atoms in total. The third-order valence-corrected chi connectivity index (χ3v) is 3.15. The Bertz CT molecular complexity index is 690. The smallest absolute Gasteiger partial charge is 0.315 e. The van der Waals surface area contributed by atoms with Gasteiger partial charge < -0.3 is 15.3 Å². The molecule has 0 heterocycles. The Labute approximate surface area is 139 Å². The second-order valence-corrected chi connectivity index (χ2v) is 6.17. The fourth-order valence-corrected chi connectivity index (χ4v) is 2.03. The van der Waals surface area contributed by atoms with Crippen LogP contribution in [0.4, 0.5) is 5.69 Å². The largest absolute Gasteiger partial charge is 0.502 e. The summed E-state index contributed by atoms with van der Waals surface area (Å²) in [5.41, 5.74) is -2.39. The molecule has 0 aromatic heterocycles. The summed E-state index contributed by atoms with van der Waals surface area (Å²) in [7, 11) is 0. The molecule has 0 radical (unpaired) electrons. The van der Waals surface area contributed by atoms with Crippen LogP contribution in [0.5, 0.6) is 5.75 Å². The molecule has 0 aliphatic rings. The monoisotopic (exact) mass is 336 g/mol. The number of hydrogen-bond acceptors (Lipinski definition) is 7. The minimum atomic E-state index is -1.12. The third kappa shape index (κ3) is 4.37. The van der Waals surface area contributed by atoms with Crippen LogP contribution in [0.1, 0.15) is 44.5 Å². The van der Waals surface area contributed by atoms with Crippen molar-refractivity contribution in [3.63, 3.8) is 0 Å². The normalized spacial score (nSPS) is 12.3. The predicted octanol–water partition coefficient (Wildman–Crippen LogP) is 2.87. The topological polar surface area (TPSA) is 131 Å². The molecule has 0 saturated carbocycles. The summed E-state index contributed by atoms with van der Waals surface area (Å²) in [4.78, 5) is 34.5. The molecule has 8 heteroatoms. The number of aromatic hydroxyl groups is 1. The first-order valence-electron chi connectivity index (χ1n) is 7.32. The van der Waals surface area contributed by atoms with Gasteiger partial charge in [-0.2, -0.15) is 0 Å². The van der Waals surface area contributed by atoms with Crippen molar-refractivity contribution in [3.8, 4) is 5.75 Å². The zero-order chi connectivity index (χ0) is 18.7. The van der Waals surface area contributed by atoms with E-state index in [1.54, 1.807) is 27.7 Å². The van der Waals surface area contributed by atoms with Crippen molar-refractivity contribution < 1.29 is 24.4 Å². The number of Topliss-reactive ketones (excluding diaryl/α,β-unsaturated/α-hetero) is 1. The lowest BCUT2D eigenvalue weighted by Crippen LogP contribution is -2.35. The summed E-state index contributed by atoms with van der Waals surface area (Å²) in [6.07, 6.45) is 0.148. The molecule has 1 atom stereocenters. The Morgan fingerprint density at radius 3 is 2.42 bits per heavy atom. The molecule has 1 rings (SSSR count). The maximum atomic E-state index is 12.4. The maximum Gasteiger partial charge on any atom is 0.315 e. The number of carbonyl (C=O) groups excluding carboxylic acids is 2. The average molecular weight is 336 g/mol. The van der Waals surface area contributed by atoms with Crippen LogP contribution >= 0.6 is 0 Å². The van der Waals surface area contributed by atoms with Crippen LogP contribution in [-0.4, -0.2) is 33.1 Å². The van der Waals surface area contributed by atoms with Gasteiger partial charge in [0.25, 0.3) is 0 Å². The van der Waals surface area contributed by atoms with Crippen molar-refractivity contribution in [1.29, 1.82) is 5.41 Å². The molecule has 0 amide bonds. The third-order valence-electron chi connectivity index (χ3n) is 3.15. The molecule has 0 aliphatic carbocycles. The van der Waals surface area contributed by atoms with Crippen molar-refractivity contribution in [2.24, 2.45) is 5.92 Å². The summed E-state index contributed by atoms with van der Waals surface area (Å²) in [6, 6.07) is 3.44. The molecule has 24 heavy (non-hydrogen) atoms. The number of para-hydroxylation sites is 1. The first kappa shape index (κ1) is 19.3. The Kier molecular flexibility index (Phi) is 5.78. The lowest BCUT2D eigenvalue weighted by Gasteiger charge is -2.23. The summed E-state index contributed by atoms with van der Waals surface area (Å²) >= 11 is 0. The minimum absolute atomic E-state index is 0.148. The number of rotatable bonds is 6. The predicted molar refractivity (Wildman–Crippen MR) is 86.4 cm³/mol. The Balaban J connectivity index is 3.14. The van der Waals surface area contributed by atoms with E-state index in [1.807, 2.05) is 0 Å². The van der Waals surface area contributed by atoms with Gasteiger partial charge in [-0.15, -0.1) is 0 Å². The van der Waals surface area contributed by atoms with Gasteiger partial charge in [0.1, 0.15) is 11.5 Å². The van der Waals surface area contributed by atoms with Crippen LogP contribution in [0.2, 0.25) is 0 Å². The van der Waals surface area contributed by atoms with E-state index >= 15 is 0 Å². The van der Waals surface area contributed by atoms with Gasteiger partial charge in [-0.3, -0.25) is 19.7 Å². The van der Waals surface area contributed by atoms with Crippen LogP contribution < -0.4 is 0 Å². The number of nitro groups is 1. The van der Waals surface area contributed by atoms with Crippen molar-refractivity contribution in [2.45, 2.75) is 39.7 Å². The van der Waals surface area contributed by atoms with Crippen molar-refractivity contribution in [3.05, 3.63) is 33.9 Å². The van der Waals surface area contributed by atoms with Crippen molar-refractivity contribution in [1.82, 2.24) is 0 Å². The number of ether oxygens (including phenoxy) is 1. The highest BCUT2D eigenvalue weighted by atomic mass is 16.6. The van der Waals surface area contributed by atoms with Gasteiger partial charge in [-0.1, -0.05) is 13.0 Å². The van der Waals surface area contributed by atoms with E-state index in [-0.39, 0.29) is 6.42 Å². The van der Waals surface area contributed by atoms with Gasteiger partial charge in [0.2, 0.25) is 11.5 Å². The summed E-state index contributed by atoms with van der Waals surface area (Å²) in [5.74, 6) is -3.62. The van der Waals surface area contributed by atoms with E-state index in [2.05, 4.69) is 0 Å². The molecule has 0 bridgehead atoms. The molecule has 0 aliphatic heterocycles. The van der Waals surface area contributed by atoms with E-state index in [0.717, 1.165) is 6.07 Å². The van der Waals surface area contributed by atoms with Crippen LogP contribution in [0, 0.1) is 21.4 Å². The first-order valence-corrected chi connectivity index (χ1v) is 7.32. The fraction of sp³-hybridized carbons (Fsp3) is 0.438. The highest BCUT2D eigenvalue weighted by Crippen LogP contribution is 2.30. The molecule has 2 N–H and O–H groups in total. The van der Waals surface area contributed by atoms with Crippen molar-refractivity contribution in [2.75, 3.05) is 0 Å². The van der Waals surface area contributed by atoms with E-state index in [4.69, 9.17) is 10.1 Å². The molecule has 130 valence electrons. The Morgan fingerprint density at radius 2 is 1.96 bits per heavy atom. The number of nitro benzene ring substituents is 1. The standard InChI is InChI=1S/C16H20N2O6/c1-5-9(15(21)24-16(2,3)4)12(17)14(20)10-7-6-8-11(13(10)19)18(22)23/h6-9,17,19H,5H2,1-4H3/t9-/m1/s1. The highest BCUT2D eigenvalue weighted by molar-refractivity contribution is 6.48. The number of phenols is 1. The number of carbonyl (C=O) groups is 2. The molecule has 0 unspecified atom stereocenters. The second-order valence-electron chi connectivity index (χ2n) is 6.17. The van der Waals surface area contributed by atoms with Gasteiger partial charge in [0.05, 0.1) is 16.2 Å². The van der Waals surface area contributed by atoms with Crippen LogP contribution in [-0.2, 0) is 9.53 Å². The highest BCUT2D eigenvalue weighted by Gasteiger charge is 2.33. The quantitative estimate of drug-likeness (QED) is 0.270. The maximum absolute atomic E-state index is 12.4. The van der Waals surface area contributed by atoms with Gasteiger partial charge in [-0.25, -0.2) is 0 Å². The second kappa shape index (κ2) is 7.20. The Morgan fingerprint density at radius 1 is 1.38 bits per heavy atom.